The molecule has 2 rings (SSSR count). The molecule has 4 heteroatoms. The van der Waals surface area contributed by atoms with Crippen molar-refractivity contribution >= 4 is 5.78 Å². The lowest BCUT2D eigenvalue weighted by molar-refractivity contribution is -0.130. The van der Waals surface area contributed by atoms with Crippen LogP contribution in [-0.2, 0) is 16.0 Å². The van der Waals surface area contributed by atoms with Gasteiger partial charge in [-0.15, -0.1) is 0 Å². The molecule has 0 N–H and O–H groups in total. The molecule has 1 fully saturated rings. The minimum Gasteiger partial charge on any atom is -0.380 e. The monoisotopic (exact) mass is 250 g/mol. The SMILES string of the molecule is CCC(CC)n1ccc(CC2COCCC2=O)n1. The Morgan fingerprint density at radius 1 is 1.50 bits per heavy atom. The van der Waals surface area contributed by atoms with Crippen molar-refractivity contribution in [3.05, 3.63) is 18.0 Å². The van der Waals surface area contributed by atoms with E-state index >= 15 is 0 Å². The maximum atomic E-state index is 11.7. The molecule has 1 saturated heterocycles. The van der Waals surface area contributed by atoms with E-state index in [-0.39, 0.29) is 5.92 Å². The van der Waals surface area contributed by atoms with E-state index in [1.165, 1.54) is 0 Å². The normalized spacial score (nSPS) is 20.6. The Morgan fingerprint density at radius 3 is 2.94 bits per heavy atom. The van der Waals surface area contributed by atoms with E-state index in [0.717, 1.165) is 18.5 Å². The highest BCUT2D eigenvalue weighted by molar-refractivity contribution is 5.82. The van der Waals surface area contributed by atoms with Crippen LogP contribution in [0.1, 0.15) is 44.8 Å². The van der Waals surface area contributed by atoms with E-state index in [0.29, 0.717) is 37.9 Å². The zero-order valence-corrected chi connectivity index (χ0v) is 11.3. The Balaban J connectivity index is 1.99. The largest absolute Gasteiger partial charge is 0.380 e. The van der Waals surface area contributed by atoms with Gasteiger partial charge in [0.1, 0.15) is 5.78 Å². The maximum Gasteiger partial charge on any atom is 0.140 e. The predicted molar refractivity (Wildman–Crippen MR) is 69.5 cm³/mol. The molecule has 0 aliphatic carbocycles. The van der Waals surface area contributed by atoms with Crippen LogP contribution in [0.15, 0.2) is 12.3 Å². The van der Waals surface area contributed by atoms with Crippen LogP contribution < -0.4 is 0 Å². The van der Waals surface area contributed by atoms with Gasteiger partial charge in [0, 0.05) is 25.0 Å². The summed E-state index contributed by atoms with van der Waals surface area (Å²) in [5, 5.41) is 4.59. The standard InChI is InChI=1S/C14H22N2O2/c1-3-13(4-2)16-7-5-12(15-16)9-11-10-18-8-6-14(11)17/h5,7,11,13H,3-4,6,8-10H2,1-2H3. The van der Waals surface area contributed by atoms with Gasteiger partial charge in [-0.25, -0.2) is 0 Å². The number of hydrogen-bond acceptors (Lipinski definition) is 3. The summed E-state index contributed by atoms with van der Waals surface area (Å²) in [7, 11) is 0. The van der Waals surface area contributed by atoms with Crippen molar-refractivity contribution < 1.29 is 9.53 Å². The number of Topliss-reactive ketones (excluding diaryl/α,β-unsaturated/α-hetero) is 1. The third-order valence-corrected chi connectivity index (χ3v) is 3.70. The van der Waals surface area contributed by atoms with E-state index in [9.17, 15) is 4.79 Å². The summed E-state index contributed by atoms with van der Waals surface area (Å²) in [4.78, 5) is 11.7. The fourth-order valence-electron chi connectivity index (χ4n) is 2.47. The van der Waals surface area contributed by atoms with Crippen LogP contribution in [0.25, 0.3) is 0 Å². The van der Waals surface area contributed by atoms with Crippen molar-refractivity contribution in [3.63, 3.8) is 0 Å². The second-order valence-corrected chi connectivity index (χ2v) is 4.95. The Kier molecular flexibility index (Phi) is 4.53. The van der Waals surface area contributed by atoms with Crippen molar-refractivity contribution in [2.24, 2.45) is 5.92 Å². The van der Waals surface area contributed by atoms with Gasteiger partial charge in [-0.05, 0) is 18.9 Å². The number of ether oxygens (including phenoxy) is 1. The molecule has 0 saturated carbocycles. The third-order valence-electron chi connectivity index (χ3n) is 3.70. The van der Waals surface area contributed by atoms with Crippen LogP contribution in [0.2, 0.25) is 0 Å². The summed E-state index contributed by atoms with van der Waals surface area (Å²) in [6.07, 6.45) is 5.47. The molecule has 4 nitrogen and oxygen atoms in total. The average molecular weight is 250 g/mol. The second-order valence-electron chi connectivity index (χ2n) is 4.95. The Labute approximate surface area is 108 Å². The lowest BCUT2D eigenvalue weighted by Crippen LogP contribution is -2.29. The summed E-state index contributed by atoms with van der Waals surface area (Å²) >= 11 is 0. The van der Waals surface area contributed by atoms with Crippen molar-refractivity contribution in [3.8, 4) is 0 Å². The molecule has 0 spiro atoms. The molecular formula is C14H22N2O2. The van der Waals surface area contributed by atoms with Gasteiger partial charge in [0.2, 0.25) is 0 Å². The molecule has 1 unspecified atom stereocenters. The highest BCUT2D eigenvalue weighted by Crippen LogP contribution is 2.18. The van der Waals surface area contributed by atoms with Crippen LogP contribution in [0, 0.1) is 5.92 Å². The summed E-state index contributed by atoms with van der Waals surface area (Å²) in [6, 6.07) is 2.50. The smallest absolute Gasteiger partial charge is 0.140 e. The van der Waals surface area contributed by atoms with Gasteiger partial charge >= 0.3 is 0 Å². The number of hydrogen-bond donors (Lipinski definition) is 0. The molecule has 100 valence electrons. The first kappa shape index (κ1) is 13.3. The quantitative estimate of drug-likeness (QED) is 0.806. The molecule has 0 aromatic carbocycles. The van der Waals surface area contributed by atoms with Crippen molar-refractivity contribution in [2.45, 2.75) is 45.6 Å². The van der Waals surface area contributed by atoms with Gasteiger partial charge in [0.15, 0.2) is 0 Å². The number of nitrogens with zero attached hydrogens (tertiary/aromatic N) is 2. The Hall–Kier alpha value is -1.16. The van der Waals surface area contributed by atoms with Gasteiger partial charge in [0.05, 0.1) is 24.9 Å². The first-order valence-electron chi connectivity index (χ1n) is 6.89. The average Bonchev–Trinajstić information content (AvgIpc) is 2.82. The minimum atomic E-state index is 0.00352. The number of ketones is 1. The number of rotatable bonds is 5. The van der Waals surface area contributed by atoms with Gasteiger partial charge < -0.3 is 4.74 Å². The molecule has 1 aliphatic rings. The lowest BCUT2D eigenvalue weighted by Gasteiger charge is -2.20. The second kappa shape index (κ2) is 6.14. The van der Waals surface area contributed by atoms with Crippen LogP contribution in [0.5, 0.6) is 0 Å². The molecule has 0 bridgehead atoms. The Morgan fingerprint density at radius 2 is 2.28 bits per heavy atom. The Bertz CT molecular complexity index is 396. The molecule has 0 amide bonds. The van der Waals surface area contributed by atoms with Gasteiger partial charge in [-0.3, -0.25) is 9.48 Å². The number of carbonyl (C=O) groups is 1. The summed E-state index contributed by atoms with van der Waals surface area (Å²) in [5.74, 6) is 0.321. The summed E-state index contributed by atoms with van der Waals surface area (Å²) in [5.41, 5.74) is 1.01. The highest BCUT2D eigenvalue weighted by Gasteiger charge is 2.24. The number of carbonyl (C=O) groups excluding carboxylic acids is 1. The molecule has 1 aliphatic heterocycles. The zero-order chi connectivity index (χ0) is 13.0. The molecular weight excluding hydrogens is 228 g/mol. The third kappa shape index (κ3) is 2.99. The van der Waals surface area contributed by atoms with Crippen LogP contribution in [0.3, 0.4) is 0 Å². The van der Waals surface area contributed by atoms with E-state index in [1.807, 2.05) is 16.9 Å². The van der Waals surface area contributed by atoms with Crippen molar-refractivity contribution in [1.82, 2.24) is 9.78 Å². The fourth-order valence-corrected chi connectivity index (χ4v) is 2.47. The van der Waals surface area contributed by atoms with Gasteiger partial charge in [-0.1, -0.05) is 13.8 Å². The minimum absolute atomic E-state index is 0.00352. The van der Waals surface area contributed by atoms with Crippen molar-refractivity contribution in [1.29, 1.82) is 0 Å². The first-order chi connectivity index (χ1) is 8.74. The van der Waals surface area contributed by atoms with Crippen molar-refractivity contribution in [2.75, 3.05) is 13.2 Å². The molecule has 18 heavy (non-hydrogen) atoms. The predicted octanol–water partition coefficient (Wildman–Crippen LogP) is 2.39. The van der Waals surface area contributed by atoms with Crippen LogP contribution in [-0.4, -0.2) is 28.8 Å². The van der Waals surface area contributed by atoms with Gasteiger partial charge in [0.25, 0.3) is 0 Å². The summed E-state index contributed by atoms with van der Waals surface area (Å²) < 4.78 is 7.40. The van der Waals surface area contributed by atoms with E-state index < -0.39 is 0 Å². The van der Waals surface area contributed by atoms with Gasteiger partial charge in [-0.2, -0.15) is 5.10 Å². The highest BCUT2D eigenvalue weighted by atomic mass is 16.5. The molecule has 1 aromatic heterocycles. The van der Waals surface area contributed by atoms with E-state index in [4.69, 9.17) is 4.74 Å². The molecule has 1 aromatic rings. The first-order valence-corrected chi connectivity index (χ1v) is 6.89. The molecule has 1 atom stereocenters. The number of aromatic nitrogens is 2. The molecule has 0 radical (unpaired) electrons. The van der Waals surface area contributed by atoms with E-state index in [2.05, 4.69) is 18.9 Å². The lowest BCUT2D eigenvalue weighted by atomic mass is 9.96. The summed E-state index contributed by atoms with van der Waals surface area (Å²) in [6.45, 7) is 5.48. The molecule has 2 heterocycles. The zero-order valence-electron chi connectivity index (χ0n) is 11.3. The van der Waals surface area contributed by atoms with Crippen LogP contribution >= 0.6 is 0 Å². The van der Waals surface area contributed by atoms with Crippen LogP contribution in [0.4, 0.5) is 0 Å². The topological polar surface area (TPSA) is 44.1 Å². The van der Waals surface area contributed by atoms with E-state index in [1.54, 1.807) is 0 Å². The maximum absolute atomic E-state index is 11.7. The fraction of sp³-hybridized carbons (Fsp3) is 0.714.